The third kappa shape index (κ3) is 3.62. The number of fused-ring (bicyclic) bond motifs is 1. The van der Waals surface area contributed by atoms with E-state index in [4.69, 9.17) is 4.98 Å². The fourth-order valence-electron chi connectivity index (χ4n) is 4.46. The standard InChI is InChI=1S/C24H25N3O3S/c1-17-25-22-16-26(31(29,30)20-12-13-20)15-14-21(22)24(28)27(17)23(18-8-4-2-5-9-18)19-10-6-3-7-11-19/h2-11,20,23H,12-16H2,1H3. The van der Waals surface area contributed by atoms with Crippen molar-refractivity contribution < 1.29 is 8.42 Å². The van der Waals surface area contributed by atoms with E-state index in [-0.39, 0.29) is 23.4 Å². The molecule has 0 unspecified atom stereocenters. The maximum Gasteiger partial charge on any atom is 0.257 e. The molecule has 1 aliphatic heterocycles. The van der Waals surface area contributed by atoms with Crippen LogP contribution >= 0.6 is 0 Å². The monoisotopic (exact) mass is 435 g/mol. The average molecular weight is 436 g/mol. The number of rotatable bonds is 5. The van der Waals surface area contributed by atoms with Crippen LogP contribution in [0.1, 0.15) is 47.1 Å². The Kier molecular flexibility index (Phi) is 5.02. The third-order valence-corrected chi connectivity index (χ3v) is 8.55. The predicted octanol–water partition coefficient (Wildman–Crippen LogP) is 3.04. The second-order valence-corrected chi connectivity index (χ2v) is 10.5. The molecule has 2 aromatic carbocycles. The van der Waals surface area contributed by atoms with Gasteiger partial charge in [0.1, 0.15) is 5.82 Å². The topological polar surface area (TPSA) is 72.3 Å². The molecular weight excluding hydrogens is 410 g/mol. The molecular formula is C24H25N3O3S. The lowest BCUT2D eigenvalue weighted by Gasteiger charge is -2.30. The number of sulfonamides is 1. The van der Waals surface area contributed by atoms with Crippen LogP contribution in [0.25, 0.3) is 0 Å². The number of hydrogen-bond acceptors (Lipinski definition) is 4. The van der Waals surface area contributed by atoms with E-state index in [0.717, 1.165) is 24.0 Å². The number of nitrogens with zero attached hydrogens (tertiary/aromatic N) is 3. The third-order valence-electron chi connectivity index (χ3n) is 6.20. The molecule has 0 bridgehead atoms. The molecule has 0 amide bonds. The van der Waals surface area contributed by atoms with E-state index in [2.05, 4.69) is 0 Å². The first kappa shape index (κ1) is 20.2. The van der Waals surface area contributed by atoms with Crippen LogP contribution in [0.2, 0.25) is 0 Å². The van der Waals surface area contributed by atoms with Crippen LogP contribution in [-0.2, 0) is 23.0 Å². The lowest BCUT2D eigenvalue weighted by Crippen LogP contribution is -2.43. The number of hydrogen-bond donors (Lipinski definition) is 0. The molecule has 7 heteroatoms. The zero-order valence-corrected chi connectivity index (χ0v) is 18.3. The summed E-state index contributed by atoms with van der Waals surface area (Å²) in [6.45, 7) is 2.36. The lowest BCUT2D eigenvalue weighted by atomic mass is 9.97. The Labute approximate surface area is 182 Å². The summed E-state index contributed by atoms with van der Waals surface area (Å²) in [7, 11) is -3.29. The Morgan fingerprint density at radius 1 is 0.968 bits per heavy atom. The summed E-state index contributed by atoms with van der Waals surface area (Å²) in [6.07, 6.45) is 1.86. The van der Waals surface area contributed by atoms with Gasteiger partial charge in [-0.3, -0.25) is 9.36 Å². The van der Waals surface area contributed by atoms with Gasteiger partial charge in [0.25, 0.3) is 5.56 Å². The Hall–Kier alpha value is -2.77. The van der Waals surface area contributed by atoms with Gasteiger partial charge in [-0.1, -0.05) is 60.7 Å². The summed E-state index contributed by atoms with van der Waals surface area (Å²) in [6, 6.07) is 19.6. The van der Waals surface area contributed by atoms with Crippen LogP contribution < -0.4 is 5.56 Å². The molecule has 0 atom stereocenters. The van der Waals surface area contributed by atoms with Gasteiger partial charge in [0.2, 0.25) is 10.0 Å². The van der Waals surface area contributed by atoms with Gasteiger partial charge in [-0.15, -0.1) is 0 Å². The zero-order chi connectivity index (χ0) is 21.6. The summed E-state index contributed by atoms with van der Waals surface area (Å²) in [5, 5.41) is -0.254. The van der Waals surface area contributed by atoms with E-state index in [1.807, 2.05) is 67.6 Å². The summed E-state index contributed by atoms with van der Waals surface area (Å²) in [4.78, 5) is 18.4. The number of benzene rings is 2. The summed E-state index contributed by atoms with van der Waals surface area (Å²) < 4.78 is 28.6. The zero-order valence-electron chi connectivity index (χ0n) is 17.4. The minimum absolute atomic E-state index is 0.0799. The van der Waals surface area contributed by atoms with Crippen molar-refractivity contribution in [3.8, 4) is 0 Å². The molecule has 1 saturated carbocycles. The summed E-state index contributed by atoms with van der Waals surface area (Å²) in [5.41, 5.74) is 3.16. The fraction of sp³-hybridized carbons (Fsp3) is 0.333. The second-order valence-electron chi connectivity index (χ2n) is 8.31. The van der Waals surface area contributed by atoms with E-state index in [0.29, 0.717) is 30.0 Å². The van der Waals surface area contributed by atoms with Crippen LogP contribution in [0.3, 0.4) is 0 Å². The SMILES string of the molecule is Cc1nc2c(c(=O)n1C(c1ccccc1)c1ccccc1)CCN(S(=O)(=O)C1CC1)C2. The van der Waals surface area contributed by atoms with Gasteiger partial charge in [0.15, 0.2) is 0 Å². The van der Waals surface area contributed by atoms with Crippen LogP contribution in [0.5, 0.6) is 0 Å². The van der Waals surface area contributed by atoms with E-state index in [9.17, 15) is 13.2 Å². The van der Waals surface area contributed by atoms with Crippen molar-refractivity contribution in [3.05, 3.63) is 99.2 Å². The molecule has 0 spiro atoms. The van der Waals surface area contributed by atoms with Crippen LogP contribution in [0.15, 0.2) is 65.5 Å². The molecule has 31 heavy (non-hydrogen) atoms. The van der Waals surface area contributed by atoms with Gasteiger partial charge in [0, 0.05) is 12.1 Å². The molecule has 1 aromatic heterocycles. The quantitative estimate of drug-likeness (QED) is 0.618. The Balaban J connectivity index is 1.61. The minimum Gasteiger partial charge on any atom is -0.285 e. The molecule has 1 fully saturated rings. The van der Waals surface area contributed by atoms with Crippen molar-refractivity contribution >= 4 is 10.0 Å². The number of aromatic nitrogens is 2. The molecule has 2 aliphatic rings. The van der Waals surface area contributed by atoms with Gasteiger partial charge in [-0.25, -0.2) is 13.4 Å². The highest BCUT2D eigenvalue weighted by Gasteiger charge is 2.41. The first-order valence-corrected chi connectivity index (χ1v) is 12.2. The molecule has 160 valence electrons. The van der Waals surface area contributed by atoms with Crippen molar-refractivity contribution in [3.63, 3.8) is 0 Å². The van der Waals surface area contributed by atoms with E-state index in [1.54, 1.807) is 4.57 Å². The molecule has 5 rings (SSSR count). The highest BCUT2D eigenvalue weighted by Crippen LogP contribution is 2.33. The molecule has 0 radical (unpaired) electrons. The van der Waals surface area contributed by atoms with Crippen molar-refractivity contribution in [2.75, 3.05) is 6.54 Å². The van der Waals surface area contributed by atoms with E-state index >= 15 is 0 Å². The second kappa shape index (κ2) is 7.73. The largest absolute Gasteiger partial charge is 0.285 e. The number of aryl methyl sites for hydroxylation is 1. The van der Waals surface area contributed by atoms with Gasteiger partial charge in [-0.05, 0) is 37.3 Å². The van der Waals surface area contributed by atoms with Gasteiger partial charge in [0.05, 0.1) is 23.5 Å². The highest BCUT2D eigenvalue weighted by atomic mass is 32.2. The first-order valence-electron chi connectivity index (χ1n) is 10.7. The van der Waals surface area contributed by atoms with Crippen LogP contribution in [-0.4, -0.2) is 34.1 Å². The van der Waals surface area contributed by atoms with Crippen LogP contribution in [0, 0.1) is 6.92 Å². The van der Waals surface area contributed by atoms with Gasteiger partial charge in [-0.2, -0.15) is 4.31 Å². The Bertz CT molecular complexity index is 1230. The molecule has 6 nitrogen and oxygen atoms in total. The Morgan fingerprint density at radius 3 is 2.10 bits per heavy atom. The van der Waals surface area contributed by atoms with Crippen molar-refractivity contribution in [1.29, 1.82) is 0 Å². The minimum atomic E-state index is -3.29. The maximum atomic E-state index is 13.7. The molecule has 0 saturated heterocycles. The van der Waals surface area contributed by atoms with E-state index in [1.165, 1.54) is 4.31 Å². The van der Waals surface area contributed by atoms with Crippen molar-refractivity contribution in [2.24, 2.45) is 0 Å². The normalized spacial score (nSPS) is 17.0. The maximum absolute atomic E-state index is 13.7. The van der Waals surface area contributed by atoms with Crippen molar-refractivity contribution in [2.45, 2.75) is 44.0 Å². The highest BCUT2D eigenvalue weighted by molar-refractivity contribution is 7.90. The first-order chi connectivity index (χ1) is 15.0. The average Bonchev–Trinajstić information content (AvgIpc) is 3.63. The molecule has 3 aromatic rings. The fourth-order valence-corrected chi connectivity index (χ4v) is 6.26. The summed E-state index contributed by atoms with van der Waals surface area (Å²) in [5.74, 6) is 0.590. The predicted molar refractivity (Wildman–Crippen MR) is 119 cm³/mol. The smallest absolute Gasteiger partial charge is 0.257 e. The molecule has 1 aliphatic carbocycles. The summed E-state index contributed by atoms with van der Waals surface area (Å²) >= 11 is 0. The molecule has 0 N–H and O–H groups in total. The van der Waals surface area contributed by atoms with E-state index < -0.39 is 10.0 Å². The van der Waals surface area contributed by atoms with Crippen molar-refractivity contribution in [1.82, 2.24) is 13.9 Å². The lowest BCUT2D eigenvalue weighted by molar-refractivity contribution is 0.378. The van der Waals surface area contributed by atoms with Gasteiger partial charge >= 0.3 is 0 Å². The molecule has 2 heterocycles. The van der Waals surface area contributed by atoms with Crippen LogP contribution in [0.4, 0.5) is 0 Å². The van der Waals surface area contributed by atoms with Gasteiger partial charge < -0.3 is 0 Å². The Morgan fingerprint density at radius 2 is 1.55 bits per heavy atom.